The highest BCUT2D eigenvalue weighted by Gasteiger charge is 2.57. The number of halogens is 6. The first-order valence-corrected chi connectivity index (χ1v) is 30.5. The van der Waals surface area contributed by atoms with Crippen LogP contribution in [-0.2, 0) is 58.2 Å². The molecule has 22 heteroatoms. The molecule has 2 heterocycles. The van der Waals surface area contributed by atoms with Gasteiger partial charge in [-0.15, -0.1) is 0 Å². The summed E-state index contributed by atoms with van der Waals surface area (Å²) in [5.41, 5.74) is 0.766. The van der Waals surface area contributed by atoms with Gasteiger partial charge in [0.15, 0.2) is 24.7 Å². The number of hydrogen-bond donors (Lipinski definition) is 2. The molecule has 0 bridgehead atoms. The number of ether oxygens (including phenoxy) is 6. The summed E-state index contributed by atoms with van der Waals surface area (Å²) >= 11 is 36.0. The molecule has 0 spiro atoms. The number of unbranched alkanes of at least 4 members (excludes halogenated alkanes) is 18. The maximum Gasteiger partial charge on any atom is 0.471 e. The minimum atomic E-state index is -4.74. The van der Waals surface area contributed by atoms with Gasteiger partial charge in [-0.2, -0.15) is 4.52 Å². The van der Waals surface area contributed by atoms with Crippen LogP contribution in [0.1, 0.15) is 167 Å². The van der Waals surface area contributed by atoms with Crippen LogP contribution in [-0.4, -0.2) is 81.5 Å². The number of carbonyl (C=O) groups excluding carboxylic acids is 3. The van der Waals surface area contributed by atoms with Crippen molar-refractivity contribution in [2.24, 2.45) is 0 Å². The van der Waals surface area contributed by atoms with Gasteiger partial charge in [-0.3, -0.25) is 24.0 Å². The summed E-state index contributed by atoms with van der Waals surface area (Å²) < 4.78 is 48.9. The van der Waals surface area contributed by atoms with Crippen molar-refractivity contribution in [1.82, 2.24) is 5.32 Å². The lowest BCUT2D eigenvalue weighted by Crippen LogP contribution is -2.67. The van der Waals surface area contributed by atoms with E-state index in [0.29, 0.717) is 29.7 Å². The average molecular weight is 1210 g/mol. The summed E-state index contributed by atoms with van der Waals surface area (Å²) in [7, 11) is -4.74. The summed E-state index contributed by atoms with van der Waals surface area (Å²) in [5, 5.41) is 12.0. The van der Waals surface area contributed by atoms with E-state index in [9.17, 15) is 19.3 Å². The van der Waals surface area contributed by atoms with Crippen molar-refractivity contribution < 1.29 is 61.3 Å². The number of carbonyl (C=O) groups is 3. The predicted octanol–water partition coefficient (Wildman–Crippen LogP) is 13.2. The number of benzene rings is 2. The number of fused-ring (bicyclic) bond motifs is 1. The van der Waals surface area contributed by atoms with Crippen LogP contribution in [0.2, 0.25) is 0 Å². The lowest BCUT2D eigenvalue weighted by molar-refractivity contribution is -0.281. The molecule has 1 unspecified atom stereocenters. The molecule has 0 aliphatic carbocycles. The fourth-order valence-corrected chi connectivity index (χ4v) is 10.1. The van der Waals surface area contributed by atoms with E-state index >= 15 is 0 Å². The molecule has 2 aromatic carbocycles. The highest BCUT2D eigenvalue weighted by Crippen LogP contribution is 2.57. The van der Waals surface area contributed by atoms with Gasteiger partial charge in [0.2, 0.25) is 16.0 Å². The second-order valence-corrected chi connectivity index (χ2v) is 25.4. The number of hydrogen-bond acceptors (Lipinski definition) is 14. The molecule has 428 valence electrons. The Balaban J connectivity index is 1.65. The van der Waals surface area contributed by atoms with Crippen molar-refractivity contribution in [3.63, 3.8) is 0 Å². The number of esters is 2. The van der Waals surface area contributed by atoms with Crippen LogP contribution in [0.5, 0.6) is 0 Å². The summed E-state index contributed by atoms with van der Waals surface area (Å²) in [6.07, 6.45) is 15.2. The largest absolute Gasteiger partial charge is 0.591 e. The van der Waals surface area contributed by atoms with Crippen LogP contribution in [0, 0.1) is 5.41 Å². The van der Waals surface area contributed by atoms with Gasteiger partial charge in [0.1, 0.15) is 24.9 Å². The lowest BCUT2D eigenvalue weighted by Gasteiger charge is -2.45. The van der Waals surface area contributed by atoms with Crippen molar-refractivity contribution in [3.05, 3.63) is 70.6 Å². The molecule has 0 saturated carbocycles. The Labute approximate surface area is 479 Å². The minimum Gasteiger partial charge on any atom is -0.591 e. The van der Waals surface area contributed by atoms with E-state index in [1.807, 2.05) is 30.3 Å². The number of phosphoric acid groups is 1. The van der Waals surface area contributed by atoms with Crippen molar-refractivity contribution in [2.45, 2.75) is 212 Å². The molecule has 1 fully saturated rings. The Morgan fingerprint density at radius 3 is 1.76 bits per heavy atom. The van der Waals surface area contributed by atoms with E-state index in [4.69, 9.17) is 117 Å². The van der Waals surface area contributed by atoms with Crippen molar-refractivity contribution >= 4 is 114 Å². The van der Waals surface area contributed by atoms with Crippen molar-refractivity contribution in [2.75, 3.05) is 13.2 Å². The molecule has 15 nitrogen and oxygen atoms in total. The molecule has 4 rings (SSSR count). The molecular weight excluding hydrogens is 1130 g/mol. The first-order chi connectivity index (χ1) is 36.4. The van der Waals surface area contributed by atoms with Crippen LogP contribution in [0.25, 0.3) is 12.5 Å². The van der Waals surface area contributed by atoms with Crippen LogP contribution < -0.4 is 20.6 Å². The van der Waals surface area contributed by atoms with Gasteiger partial charge in [-0.25, -0.2) is 4.79 Å². The zero-order valence-electron chi connectivity index (χ0n) is 43.7. The fraction of sp³-hybridized carbons (Fsp3) is 0.667. The van der Waals surface area contributed by atoms with E-state index < -0.39 is 89.5 Å². The molecule has 2 N–H and O–H groups in total. The van der Waals surface area contributed by atoms with Gasteiger partial charge in [-0.1, -0.05) is 254 Å². The lowest BCUT2D eigenvalue weighted by atomic mass is 9.96. The third-order valence-corrected chi connectivity index (χ3v) is 14.7. The highest BCUT2D eigenvalue weighted by atomic mass is 35.6. The fourth-order valence-electron chi connectivity index (χ4n) is 8.58. The van der Waals surface area contributed by atoms with E-state index in [2.05, 4.69) is 19.2 Å². The molecule has 0 radical (unpaired) electrons. The smallest absolute Gasteiger partial charge is 0.471 e. The number of rotatable bonds is 35. The Morgan fingerprint density at radius 2 is 1.22 bits per heavy atom. The number of amides is 1. The first-order valence-electron chi connectivity index (χ1n) is 26.8. The van der Waals surface area contributed by atoms with Crippen LogP contribution in [0.3, 0.4) is 0 Å². The van der Waals surface area contributed by atoms with E-state index in [0.717, 1.165) is 56.9 Å². The average Bonchev–Trinajstić information content (AvgIpc) is 3.54. The maximum atomic E-state index is 14.7. The quantitative estimate of drug-likeness (QED) is 0.0126. The molecule has 76 heavy (non-hydrogen) atoms. The molecule has 1 amide bonds. The monoisotopic (exact) mass is 1200 g/mol. The Kier molecular flexibility index (Phi) is 31.2. The molecule has 2 aromatic rings. The minimum absolute atomic E-state index is 0.0328. The topological polar surface area (TPSA) is 193 Å². The number of alkyl halides is 6. The maximum absolute atomic E-state index is 14.7. The predicted molar refractivity (Wildman–Crippen MR) is 298 cm³/mol. The van der Waals surface area contributed by atoms with Gasteiger partial charge in [-0.05, 0) is 24.8 Å². The van der Waals surface area contributed by atoms with Crippen LogP contribution in [0.4, 0.5) is 4.79 Å². The Bertz CT molecular complexity index is 2100. The summed E-state index contributed by atoms with van der Waals surface area (Å²) in [6.45, 7) is 3.30. The Morgan fingerprint density at radius 1 is 0.697 bits per heavy atom. The third kappa shape index (κ3) is 26.6. The van der Waals surface area contributed by atoms with E-state index in [1.165, 1.54) is 76.7 Å². The normalized spacial score (nSPS) is 19.5. The molecule has 1 saturated heterocycles. The number of nitrogens with one attached hydrogen (secondary N) is 2. The third-order valence-electron chi connectivity index (χ3n) is 12.6. The summed E-state index contributed by atoms with van der Waals surface area (Å²) in [4.78, 5) is 56.4. The zero-order valence-corrected chi connectivity index (χ0v) is 49.2. The van der Waals surface area contributed by atoms with Gasteiger partial charge < -0.3 is 38.6 Å². The molecule has 6 atom stereocenters. The van der Waals surface area contributed by atoms with Crippen LogP contribution >= 0.6 is 77.8 Å². The first kappa shape index (κ1) is 66.0. The van der Waals surface area contributed by atoms with Gasteiger partial charge in [0, 0.05) is 16.9 Å². The highest BCUT2D eigenvalue weighted by molar-refractivity contribution is 7.54. The molecule has 2 aliphatic heterocycles. The van der Waals surface area contributed by atoms with Gasteiger partial charge >= 0.3 is 26.2 Å². The second-order valence-electron chi connectivity index (χ2n) is 19.1. The number of alkyl carbamates (subject to hydrolysis) is 1. The SMILES string of the molecule is CCCCCCCCCCCCCC(=O)O[C@H](CCCCCCCCCCC)CC(=O)O[C@H]1[C@H](O[P+]2([O-])OC=c3ccccc3=CO2)[C@@H](COCc2ccccc2)OC(OC(=N)C(Cl)(Cl)Cl)[C@@H]1NC(=O)OCC(Cl)(Cl)Cl. The molecular formula is C54H77Cl6N2O13P. The zero-order chi connectivity index (χ0) is 55.2. The van der Waals surface area contributed by atoms with Crippen LogP contribution in [0.15, 0.2) is 54.6 Å². The van der Waals surface area contributed by atoms with Gasteiger partial charge in [0.25, 0.3) is 3.79 Å². The molecule has 2 aliphatic rings. The Hall–Kier alpha value is -2.53. The summed E-state index contributed by atoms with van der Waals surface area (Å²) in [6, 6.07) is 14.2. The van der Waals surface area contributed by atoms with Gasteiger partial charge in [0.05, 0.1) is 19.6 Å². The molecule has 0 aromatic heterocycles. The van der Waals surface area contributed by atoms with E-state index in [-0.39, 0.29) is 19.6 Å². The van der Waals surface area contributed by atoms with Crippen molar-refractivity contribution in [1.29, 1.82) is 5.41 Å². The van der Waals surface area contributed by atoms with E-state index in [1.54, 1.807) is 24.3 Å². The number of phosphoric ester groups is 1. The standard InChI is InChI=1S/C54H77Cl6N2O13P/c1-3-5-7-9-11-13-14-16-18-20-25-33-45(63)71-43(32-24-19-17-15-12-10-8-6-4-2)34-46(64)73-49-47(62-52(65)68-39-53(55,56)57)50(74-51(61)54(58,59)60)72-44(38-67-35-40-28-22-21-23-29-40)48(49)75-76(66)69-36-41-30-26-27-31-42(41)37-70-76/h21-23,26-31,36-37,43-44,47-50,61H,3-20,24-25,32-35,38-39H2,1-2H3,(H,62,65)/t43-,44-,47-,48-,49-,50?/m1/s1. The second kappa shape index (κ2) is 36.0. The summed E-state index contributed by atoms with van der Waals surface area (Å²) in [5.74, 6) is -2.35. The van der Waals surface area contributed by atoms with Crippen molar-refractivity contribution in [3.8, 4) is 0 Å².